The van der Waals surface area contributed by atoms with Gasteiger partial charge in [0, 0.05) is 18.6 Å². The number of nitrogens with one attached hydrogen (secondary N) is 1. The predicted octanol–water partition coefficient (Wildman–Crippen LogP) is 3.49. The zero-order chi connectivity index (χ0) is 21.6. The first-order valence-corrected chi connectivity index (χ1v) is 9.69. The van der Waals surface area contributed by atoms with Gasteiger partial charge < -0.3 is 15.0 Å². The Morgan fingerprint density at radius 2 is 1.79 bits per heavy atom. The number of carbonyl (C=O) groups excluding carboxylic acids is 2. The van der Waals surface area contributed by atoms with Crippen LogP contribution in [0.4, 0.5) is 5.69 Å². The lowest BCUT2D eigenvalue weighted by molar-refractivity contribution is -0.134. The van der Waals surface area contributed by atoms with E-state index in [4.69, 9.17) is 16.3 Å². The van der Waals surface area contributed by atoms with E-state index in [1.165, 1.54) is 28.7 Å². The van der Waals surface area contributed by atoms with Crippen molar-refractivity contribution in [1.82, 2.24) is 9.80 Å². The molecular weight excluding hydrogens is 390 g/mol. The summed E-state index contributed by atoms with van der Waals surface area (Å²) in [5.74, 6) is 0.0499. The first-order valence-electron chi connectivity index (χ1n) is 9.31. The Bertz CT molecular complexity index is 886. The molecule has 0 atom stereocenters. The summed E-state index contributed by atoms with van der Waals surface area (Å²) in [5, 5.41) is 3.22. The molecule has 0 aliphatic heterocycles. The van der Waals surface area contributed by atoms with Gasteiger partial charge in [-0.2, -0.15) is 0 Å². The van der Waals surface area contributed by atoms with Gasteiger partial charge in [-0.3, -0.25) is 14.5 Å². The lowest BCUT2D eigenvalue weighted by atomic mass is 10.1. The molecule has 0 fully saturated rings. The van der Waals surface area contributed by atoms with Gasteiger partial charge in [-0.1, -0.05) is 35.4 Å². The molecule has 1 N–H and O–H groups in total. The van der Waals surface area contributed by atoms with Crippen molar-refractivity contribution in [1.29, 1.82) is 0 Å². The van der Waals surface area contributed by atoms with Crippen LogP contribution in [0.2, 0.25) is 5.02 Å². The van der Waals surface area contributed by atoms with Crippen molar-refractivity contribution in [3.05, 3.63) is 58.1 Å². The summed E-state index contributed by atoms with van der Waals surface area (Å²) in [6, 6.07) is 11.2. The molecule has 0 bridgehead atoms. The van der Waals surface area contributed by atoms with Crippen LogP contribution in [0.25, 0.3) is 0 Å². The Labute approximate surface area is 177 Å². The number of benzene rings is 2. The Hall–Kier alpha value is -2.57. The number of methoxy groups -OCH3 is 1. The molecular formula is C22H28ClN3O3. The van der Waals surface area contributed by atoms with E-state index in [0.29, 0.717) is 23.0 Å². The van der Waals surface area contributed by atoms with Gasteiger partial charge in [0.25, 0.3) is 0 Å². The number of anilines is 1. The van der Waals surface area contributed by atoms with Gasteiger partial charge in [0.1, 0.15) is 5.75 Å². The number of aryl methyl sites for hydroxylation is 2. The van der Waals surface area contributed by atoms with Crippen LogP contribution in [-0.2, 0) is 16.1 Å². The lowest BCUT2D eigenvalue weighted by Crippen LogP contribution is -2.40. The minimum Gasteiger partial charge on any atom is -0.495 e. The minimum atomic E-state index is -0.321. The van der Waals surface area contributed by atoms with Gasteiger partial charge in [0.15, 0.2) is 0 Å². The van der Waals surface area contributed by atoms with E-state index < -0.39 is 0 Å². The van der Waals surface area contributed by atoms with E-state index in [0.717, 1.165) is 0 Å². The topological polar surface area (TPSA) is 61.9 Å². The molecule has 29 heavy (non-hydrogen) atoms. The van der Waals surface area contributed by atoms with Crippen molar-refractivity contribution >= 4 is 29.1 Å². The first-order chi connectivity index (χ1) is 13.7. The molecule has 2 aromatic carbocycles. The SMILES string of the molecule is COc1ccc(Cl)cc1NC(=O)CN(C)C(=O)CN(C)Cc1ccc(C)cc1C. The molecule has 0 aliphatic carbocycles. The molecule has 0 aromatic heterocycles. The lowest BCUT2D eigenvalue weighted by Gasteiger charge is -2.22. The van der Waals surface area contributed by atoms with Crippen molar-refractivity contribution in [3.63, 3.8) is 0 Å². The average molecular weight is 418 g/mol. The second-order valence-electron chi connectivity index (χ2n) is 7.24. The van der Waals surface area contributed by atoms with Crippen LogP contribution < -0.4 is 10.1 Å². The van der Waals surface area contributed by atoms with Gasteiger partial charge in [0.05, 0.1) is 25.9 Å². The van der Waals surface area contributed by atoms with Crippen LogP contribution in [0.15, 0.2) is 36.4 Å². The van der Waals surface area contributed by atoms with E-state index >= 15 is 0 Å². The van der Waals surface area contributed by atoms with Crippen molar-refractivity contribution in [2.24, 2.45) is 0 Å². The minimum absolute atomic E-state index is 0.0636. The number of halogens is 1. The summed E-state index contributed by atoms with van der Waals surface area (Å²) in [4.78, 5) is 28.2. The maximum Gasteiger partial charge on any atom is 0.244 e. The maximum absolute atomic E-state index is 12.5. The number of amides is 2. The average Bonchev–Trinajstić information content (AvgIpc) is 2.64. The summed E-state index contributed by atoms with van der Waals surface area (Å²) >= 11 is 5.98. The molecule has 156 valence electrons. The number of carbonyl (C=O) groups is 2. The van der Waals surface area contributed by atoms with Crippen LogP contribution in [-0.4, -0.2) is 55.9 Å². The molecule has 0 aliphatic rings. The van der Waals surface area contributed by atoms with Crippen molar-refractivity contribution < 1.29 is 14.3 Å². The highest BCUT2D eigenvalue weighted by molar-refractivity contribution is 6.31. The maximum atomic E-state index is 12.5. The third kappa shape index (κ3) is 6.76. The first kappa shape index (κ1) is 22.7. The second kappa shape index (κ2) is 10.3. The predicted molar refractivity (Wildman–Crippen MR) is 117 cm³/mol. The Morgan fingerprint density at radius 1 is 1.07 bits per heavy atom. The molecule has 0 heterocycles. The summed E-state index contributed by atoms with van der Waals surface area (Å²) in [6.07, 6.45) is 0. The summed E-state index contributed by atoms with van der Waals surface area (Å²) in [6.45, 7) is 4.95. The van der Waals surface area contributed by atoms with E-state index in [-0.39, 0.29) is 24.9 Å². The fourth-order valence-electron chi connectivity index (χ4n) is 2.99. The number of rotatable bonds is 8. The van der Waals surface area contributed by atoms with E-state index in [2.05, 4.69) is 37.4 Å². The molecule has 0 saturated heterocycles. The van der Waals surface area contributed by atoms with E-state index in [1.54, 1.807) is 25.2 Å². The third-order valence-electron chi connectivity index (χ3n) is 4.59. The Morgan fingerprint density at radius 3 is 2.45 bits per heavy atom. The largest absolute Gasteiger partial charge is 0.495 e. The molecule has 2 aromatic rings. The standard InChI is InChI=1S/C22H28ClN3O3/c1-15-6-7-17(16(2)10-15)12-25(3)14-22(28)26(4)13-21(27)24-19-11-18(23)8-9-20(19)29-5/h6-11H,12-14H2,1-5H3,(H,24,27). The molecule has 0 radical (unpaired) electrons. The quantitative estimate of drug-likeness (QED) is 0.714. The van der Waals surface area contributed by atoms with Gasteiger partial charge in [-0.25, -0.2) is 0 Å². The molecule has 0 unspecified atom stereocenters. The number of hydrogen-bond acceptors (Lipinski definition) is 4. The number of ether oxygens (including phenoxy) is 1. The normalized spacial score (nSPS) is 10.7. The van der Waals surface area contributed by atoms with Crippen molar-refractivity contribution in [2.75, 3.05) is 39.6 Å². The summed E-state index contributed by atoms with van der Waals surface area (Å²) in [5.41, 5.74) is 4.07. The summed E-state index contributed by atoms with van der Waals surface area (Å²) in [7, 11) is 5.02. The highest BCUT2D eigenvalue weighted by atomic mass is 35.5. The Kier molecular flexibility index (Phi) is 8.05. The highest BCUT2D eigenvalue weighted by Gasteiger charge is 2.17. The fraction of sp³-hybridized carbons (Fsp3) is 0.364. The zero-order valence-corrected chi connectivity index (χ0v) is 18.3. The molecule has 2 rings (SSSR count). The van der Waals surface area contributed by atoms with Gasteiger partial charge in [-0.15, -0.1) is 0 Å². The Balaban J connectivity index is 1.89. The molecule has 0 spiro atoms. The number of nitrogens with zero attached hydrogens (tertiary/aromatic N) is 2. The van der Waals surface area contributed by atoms with Crippen LogP contribution in [0.5, 0.6) is 5.75 Å². The monoisotopic (exact) mass is 417 g/mol. The molecule has 6 nitrogen and oxygen atoms in total. The molecule has 7 heteroatoms. The van der Waals surface area contributed by atoms with Crippen LogP contribution in [0.1, 0.15) is 16.7 Å². The van der Waals surface area contributed by atoms with E-state index in [1.807, 2.05) is 11.9 Å². The smallest absolute Gasteiger partial charge is 0.244 e. The number of likely N-dealkylation sites (N-methyl/N-ethyl adjacent to an activating group) is 2. The highest BCUT2D eigenvalue weighted by Crippen LogP contribution is 2.27. The summed E-state index contributed by atoms with van der Waals surface area (Å²) < 4.78 is 5.22. The van der Waals surface area contributed by atoms with Gasteiger partial charge in [-0.05, 0) is 50.2 Å². The number of hydrogen-bond donors (Lipinski definition) is 1. The second-order valence-corrected chi connectivity index (χ2v) is 7.68. The van der Waals surface area contributed by atoms with Crippen LogP contribution in [0.3, 0.4) is 0 Å². The van der Waals surface area contributed by atoms with Gasteiger partial charge >= 0.3 is 0 Å². The van der Waals surface area contributed by atoms with Crippen LogP contribution >= 0.6 is 11.6 Å². The van der Waals surface area contributed by atoms with Crippen molar-refractivity contribution in [2.45, 2.75) is 20.4 Å². The zero-order valence-electron chi connectivity index (χ0n) is 17.6. The third-order valence-corrected chi connectivity index (χ3v) is 4.82. The van der Waals surface area contributed by atoms with Gasteiger partial charge in [0.2, 0.25) is 11.8 Å². The van der Waals surface area contributed by atoms with Crippen LogP contribution in [0, 0.1) is 13.8 Å². The molecule has 0 saturated carbocycles. The fourth-order valence-corrected chi connectivity index (χ4v) is 3.16. The molecule has 2 amide bonds. The van der Waals surface area contributed by atoms with Crippen molar-refractivity contribution in [3.8, 4) is 5.75 Å². The van der Waals surface area contributed by atoms with E-state index in [9.17, 15) is 9.59 Å².